The molecule has 21 heavy (non-hydrogen) atoms. The van der Waals surface area contributed by atoms with E-state index in [9.17, 15) is 13.6 Å². The maximum atomic E-state index is 13.4. The molecule has 0 unspecified atom stereocenters. The molecule has 0 saturated carbocycles. The number of aryl methyl sites for hydroxylation is 1. The third-order valence-corrected chi connectivity index (χ3v) is 3.02. The Bertz CT molecular complexity index is 644. The first kappa shape index (κ1) is 15.0. The number of carbonyl (C=O) groups excluding carboxylic acids is 1. The Kier molecular flexibility index (Phi) is 4.87. The monoisotopic (exact) mass is 291 g/mol. The van der Waals surface area contributed by atoms with Gasteiger partial charge in [0.2, 0.25) is 5.91 Å². The van der Waals surface area contributed by atoms with Crippen LogP contribution in [0.5, 0.6) is 5.75 Å². The van der Waals surface area contributed by atoms with Crippen LogP contribution in [-0.2, 0) is 11.2 Å². The standard InChI is InChI=1S/C16H15F2NO2/c1-21-15-5-3-2-4-11(15)6-9-16(20)19-14-10-12(17)7-8-13(14)18/h2-5,7-8,10H,6,9H2,1H3,(H,19,20). The second-order valence-electron chi connectivity index (χ2n) is 4.48. The average molecular weight is 291 g/mol. The first-order valence-electron chi connectivity index (χ1n) is 6.47. The van der Waals surface area contributed by atoms with Crippen LogP contribution in [0.15, 0.2) is 42.5 Å². The van der Waals surface area contributed by atoms with Crippen LogP contribution in [0.25, 0.3) is 0 Å². The number of halogens is 2. The van der Waals surface area contributed by atoms with Crippen LogP contribution >= 0.6 is 0 Å². The van der Waals surface area contributed by atoms with Gasteiger partial charge >= 0.3 is 0 Å². The summed E-state index contributed by atoms with van der Waals surface area (Å²) >= 11 is 0. The second-order valence-corrected chi connectivity index (χ2v) is 4.48. The largest absolute Gasteiger partial charge is 0.496 e. The fourth-order valence-corrected chi connectivity index (χ4v) is 1.96. The van der Waals surface area contributed by atoms with Crippen LogP contribution in [0.2, 0.25) is 0 Å². The van der Waals surface area contributed by atoms with Crippen molar-refractivity contribution in [1.82, 2.24) is 0 Å². The molecular weight excluding hydrogens is 276 g/mol. The van der Waals surface area contributed by atoms with Gasteiger partial charge in [-0.2, -0.15) is 0 Å². The van der Waals surface area contributed by atoms with Gasteiger partial charge in [0.1, 0.15) is 17.4 Å². The van der Waals surface area contributed by atoms with E-state index in [1.54, 1.807) is 13.2 Å². The highest BCUT2D eigenvalue weighted by molar-refractivity contribution is 5.91. The van der Waals surface area contributed by atoms with E-state index >= 15 is 0 Å². The molecule has 0 radical (unpaired) electrons. The number of anilines is 1. The minimum absolute atomic E-state index is 0.149. The molecule has 0 atom stereocenters. The molecule has 0 aliphatic rings. The lowest BCUT2D eigenvalue weighted by atomic mass is 10.1. The molecule has 110 valence electrons. The first-order chi connectivity index (χ1) is 10.1. The summed E-state index contributed by atoms with van der Waals surface area (Å²) in [6, 6.07) is 10.3. The molecule has 2 aromatic rings. The Hall–Kier alpha value is -2.43. The Labute approximate surface area is 121 Å². The molecule has 0 spiro atoms. The normalized spacial score (nSPS) is 10.2. The van der Waals surface area contributed by atoms with Crippen LogP contribution in [-0.4, -0.2) is 13.0 Å². The number of hydrogen-bond acceptors (Lipinski definition) is 2. The van der Waals surface area contributed by atoms with Gasteiger partial charge in [-0.25, -0.2) is 8.78 Å². The zero-order valence-electron chi connectivity index (χ0n) is 11.5. The minimum atomic E-state index is -0.665. The van der Waals surface area contributed by atoms with Crippen molar-refractivity contribution in [3.63, 3.8) is 0 Å². The number of nitrogens with one attached hydrogen (secondary N) is 1. The molecule has 1 amide bonds. The summed E-state index contributed by atoms with van der Waals surface area (Å²) in [5, 5.41) is 2.36. The Balaban J connectivity index is 1.97. The lowest BCUT2D eigenvalue weighted by Gasteiger charge is -2.09. The fraction of sp³-hybridized carbons (Fsp3) is 0.188. The average Bonchev–Trinajstić information content (AvgIpc) is 2.49. The maximum Gasteiger partial charge on any atom is 0.224 e. The van der Waals surface area contributed by atoms with Crippen LogP contribution in [0.4, 0.5) is 14.5 Å². The molecule has 0 heterocycles. The lowest BCUT2D eigenvalue weighted by Crippen LogP contribution is -2.13. The molecule has 0 saturated heterocycles. The Morgan fingerprint density at radius 2 is 1.95 bits per heavy atom. The van der Waals surface area contributed by atoms with Gasteiger partial charge in [0.25, 0.3) is 0 Å². The van der Waals surface area contributed by atoms with Gasteiger partial charge in [-0.3, -0.25) is 4.79 Å². The van der Waals surface area contributed by atoms with Gasteiger partial charge in [-0.05, 0) is 30.2 Å². The van der Waals surface area contributed by atoms with Gasteiger partial charge < -0.3 is 10.1 Å². The van der Waals surface area contributed by atoms with Crippen LogP contribution in [0.3, 0.4) is 0 Å². The number of hydrogen-bond donors (Lipinski definition) is 1. The molecule has 3 nitrogen and oxygen atoms in total. The Morgan fingerprint density at radius 3 is 2.71 bits per heavy atom. The summed E-state index contributed by atoms with van der Waals surface area (Å²) in [4.78, 5) is 11.8. The van der Waals surface area contributed by atoms with Crippen LogP contribution in [0, 0.1) is 11.6 Å². The summed E-state index contributed by atoms with van der Waals surface area (Å²) in [5.74, 6) is -0.953. The van der Waals surface area contributed by atoms with Crippen molar-refractivity contribution < 1.29 is 18.3 Å². The van der Waals surface area contributed by atoms with Gasteiger partial charge in [-0.15, -0.1) is 0 Å². The third kappa shape index (κ3) is 4.02. The number of rotatable bonds is 5. The number of methoxy groups -OCH3 is 1. The smallest absolute Gasteiger partial charge is 0.224 e. The quantitative estimate of drug-likeness (QED) is 0.915. The number of benzene rings is 2. The van der Waals surface area contributed by atoms with Crippen LogP contribution in [0.1, 0.15) is 12.0 Å². The minimum Gasteiger partial charge on any atom is -0.496 e. The molecule has 1 N–H and O–H groups in total. The molecular formula is C16H15F2NO2. The van der Waals surface area contributed by atoms with Crippen molar-refractivity contribution in [2.45, 2.75) is 12.8 Å². The van der Waals surface area contributed by atoms with Gasteiger partial charge in [0, 0.05) is 12.5 Å². The molecule has 2 aromatic carbocycles. The maximum absolute atomic E-state index is 13.4. The zero-order valence-corrected chi connectivity index (χ0v) is 11.5. The third-order valence-electron chi connectivity index (χ3n) is 3.02. The molecule has 0 fully saturated rings. The predicted molar refractivity (Wildman–Crippen MR) is 76.3 cm³/mol. The molecule has 0 aromatic heterocycles. The molecule has 0 bridgehead atoms. The summed E-state index contributed by atoms with van der Waals surface area (Å²) in [6.07, 6.45) is 0.600. The van der Waals surface area contributed by atoms with E-state index in [0.29, 0.717) is 12.2 Å². The van der Waals surface area contributed by atoms with Crippen molar-refractivity contribution in [2.75, 3.05) is 12.4 Å². The number of ether oxygens (including phenoxy) is 1. The van der Waals surface area contributed by atoms with Crippen molar-refractivity contribution in [3.05, 3.63) is 59.7 Å². The predicted octanol–water partition coefficient (Wildman–Crippen LogP) is 3.54. The number of para-hydroxylation sites is 1. The van der Waals surface area contributed by atoms with Gasteiger partial charge in [0.05, 0.1) is 12.8 Å². The van der Waals surface area contributed by atoms with Gasteiger partial charge in [0.15, 0.2) is 0 Å². The van der Waals surface area contributed by atoms with Crippen molar-refractivity contribution in [3.8, 4) is 5.75 Å². The van der Waals surface area contributed by atoms with E-state index in [-0.39, 0.29) is 18.0 Å². The van der Waals surface area contributed by atoms with E-state index < -0.39 is 11.6 Å². The first-order valence-corrected chi connectivity index (χ1v) is 6.47. The number of carbonyl (C=O) groups is 1. The summed E-state index contributed by atoms with van der Waals surface area (Å²) < 4.78 is 31.6. The van der Waals surface area contributed by atoms with E-state index in [2.05, 4.69) is 5.32 Å². The lowest BCUT2D eigenvalue weighted by molar-refractivity contribution is -0.116. The summed E-state index contributed by atoms with van der Waals surface area (Å²) in [5.41, 5.74) is 0.731. The van der Waals surface area contributed by atoms with Crippen molar-refractivity contribution >= 4 is 11.6 Å². The summed E-state index contributed by atoms with van der Waals surface area (Å²) in [6.45, 7) is 0. The van der Waals surface area contributed by atoms with Crippen molar-refractivity contribution in [2.24, 2.45) is 0 Å². The molecule has 0 aliphatic heterocycles. The van der Waals surface area contributed by atoms with E-state index in [1.807, 2.05) is 18.2 Å². The van der Waals surface area contributed by atoms with Crippen LogP contribution < -0.4 is 10.1 Å². The molecule has 0 aliphatic carbocycles. The van der Waals surface area contributed by atoms with Gasteiger partial charge in [-0.1, -0.05) is 18.2 Å². The molecule has 5 heteroatoms. The number of amides is 1. The highest BCUT2D eigenvalue weighted by atomic mass is 19.1. The second kappa shape index (κ2) is 6.83. The topological polar surface area (TPSA) is 38.3 Å². The van der Waals surface area contributed by atoms with E-state index in [0.717, 1.165) is 23.8 Å². The summed E-state index contributed by atoms with van der Waals surface area (Å²) in [7, 11) is 1.56. The fourth-order valence-electron chi connectivity index (χ4n) is 1.96. The zero-order chi connectivity index (χ0) is 15.2. The molecule has 2 rings (SSSR count). The van der Waals surface area contributed by atoms with E-state index in [4.69, 9.17) is 4.74 Å². The SMILES string of the molecule is COc1ccccc1CCC(=O)Nc1cc(F)ccc1F. The highest BCUT2D eigenvalue weighted by Crippen LogP contribution is 2.20. The van der Waals surface area contributed by atoms with Crippen molar-refractivity contribution in [1.29, 1.82) is 0 Å². The van der Waals surface area contributed by atoms with E-state index in [1.165, 1.54) is 0 Å². The highest BCUT2D eigenvalue weighted by Gasteiger charge is 2.10. The Morgan fingerprint density at radius 1 is 1.19 bits per heavy atom.